The zero-order valence-electron chi connectivity index (χ0n) is 17.1. The molecule has 1 unspecified atom stereocenters. The lowest BCUT2D eigenvalue weighted by atomic mass is 9.94. The Morgan fingerprint density at radius 2 is 1.90 bits per heavy atom. The van der Waals surface area contributed by atoms with E-state index in [9.17, 15) is 14.8 Å². The molecule has 3 rings (SSSR count). The molecule has 2 fully saturated rings. The van der Waals surface area contributed by atoms with Crippen LogP contribution in [0.5, 0.6) is 0 Å². The maximum atomic E-state index is 11.8. The first-order chi connectivity index (χ1) is 13.5. The molecule has 1 amide bonds. The molecule has 2 saturated heterocycles. The van der Waals surface area contributed by atoms with E-state index >= 15 is 0 Å². The SMILES string of the molecule is CC(C)(C)C(=O)N1CSCC1C(=O)O.Nc1cc(N2CCCCC2)nc(N)[n+]1[O-]. The summed E-state index contributed by atoms with van der Waals surface area (Å²) in [5.74, 6) is 0.711. The molecule has 0 aliphatic carbocycles. The Morgan fingerprint density at radius 3 is 2.41 bits per heavy atom. The molecular weight excluding hydrogens is 396 g/mol. The molecule has 0 saturated carbocycles. The number of anilines is 3. The summed E-state index contributed by atoms with van der Waals surface area (Å²) in [6.07, 6.45) is 3.54. The zero-order valence-corrected chi connectivity index (χ0v) is 17.9. The largest absolute Gasteiger partial charge is 0.754 e. The number of carbonyl (C=O) groups excluding carboxylic acids is 1. The Bertz CT molecular complexity index is 725. The Morgan fingerprint density at radius 1 is 1.28 bits per heavy atom. The summed E-state index contributed by atoms with van der Waals surface area (Å²) in [5, 5.41) is 20.1. The number of carboxylic acid groups (broad SMARTS) is 1. The molecule has 0 spiro atoms. The average molecular weight is 427 g/mol. The predicted octanol–water partition coefficient (Wildman–Crippen LogP) is 0.888. The van der Waals surface area contributed by atoms with Gasteiger partial charge < -0.3 is 31.6 Å². The van der Waals surface area contributed by atoms with Crippen LogP contribution in [0, 0.1) is 10.6 Å². The van der Waals surface area contributed by atoms with Gasteiger partial charge in [-0.05, 0) is 19.3 Å². The summed E-state index contributed by atoms with van der Waals surface area (Å²) >= 11 is 1.49. The second kappa shape index (κ2) is 9.38. The van der Waals surface area contributed by atoms with Crippen molar-refractivity contribution in [2.45, 2.75) is 46.1 Å². The third-order valence-electron chi connectivity index (χ3n) is 4.70. The second-order valence-corrected chi connectivity index (χ2v) is 9.12. The molecular formula is C18H30N6O4S. The number of hydrogen-bond acceptors (Lipinski definition) is 8. The van der Waals surface area contributed by atoms with E-state index in [2.05, 4.69) is 9.88 Å². The standard InChI is InChI=1S/C9H15N5O.C9H15NO3S/c10-7-6-8(12-9(11)14(7)15)13-4-2-1-3-5-13;1-9(2,3)8(13)10-5-14-4-6(10)7(11)12/h6H,1-5,10H2,(H2,11,12);6H,4-5H2,1-3H3,(H,11,12). The normalized spacial score (nSPS) is 19.5. The fourth-order valence-corrected chi connectivity index (χ4v) is 4.23. The van der Waals surface area contributed by atoms with Crippen LogP contribution in [-0.4, -0.2) is 57.6 Å². The van der Waals surface area contributed by atoms with Gasteiger partial charge in [-0.1, -0.05) is 25.8 Å². The van der Waals surface area contributed by atoms with Gasteiger partial charge in [-0.15, -0.1) is 11.8 Å². The first-order valence-corrected chi connectivity index (χ1v) is 10.7. The van der Waals surface area contributed by atoms with Gasteiger partial charge in [0.15, 0.2) is 11.6 Å². The number of nitrogens with two attached hydrogens (primary N) is 2. The minimum absolute atomic E-state index is 0.0874. The zero-order chi connectivity index (χ0) is 21.8. The van der Waals surface area contributed by atoms with E-state index in [1.807, 2.05) is 0 Å². The number of amides is 1. The van der Waals surface area contributed by atoms with Crippen molar-refractivity contribution < 1.29 is 19.4 Å². The van der Waals surface area contributed by atoms with Crippen molar-refractivity contribution in [3.8, 4) is 0 Å². The van der Waals surface area contributed by atoms with E-state index in [1.165, 1.54) is 23.1 Å². The molecule has 162 valence electrons. The fraction of sp³-hybridized carbons (Fsp3) is 0.667. The number of carbonyl (C=O) groups is 2. The van der Waals surface area contributed by atoms with Crippen LogP contribution in [-0.2, 0) is 9.59 Å². The summed E-state index contributed by atoms with van der Waals surface area (Å²) < 4.78 is 0.438. The van der Waals surface area contributed by atoms with Crippen molar-refractivity contribution in [2.75, 3.05) is 41.1 Å². The predicted molar refractivity (Wildman–Crippen MR) is 113 cm³/mol. The highest BCUT2D eigenvalue weighted by Gasteiger charge is 2.38. The number of carboxylic acids is 1. The van der Waals surface area contributed by atoms with Crippen LogP contribution in [0.15, 0.2) is 6.07 Å². The van der Waals surface area contributed by atoms with Gasteiger partial charge >= 0.3 is 11.9 Å². The Balaban J connectivity index is 0.000000208. The highest BCUT2D eigenvalue weighted by atomic mass is 32.2. The highest BCUT2D eigenvalue weighted by Crippen LogP contribution is 2.27. The third kappa shape index (κ3) is 5.78. The average Bonchev–Trinajstić information content (AvgIpc) is 3.15. The molecule has 2 aliphatic rings. The van der Waals surface area contributed by atoms with E-state index < -0.39 is 17.4 Å². The van der Waals surface area contributed by atoms with Crippen LogP contribution in [0.2, 0.25) is 0 Å². The van der Waals surface area contributed by atoms with Gasteiger partial charge in [0.2, 0.25) is 5.91 Å². The lowest BCUT2D eigenvalue weighted by molar-refractivity contribution is -0.576. The second-order valence-electron chi connectivity index (χ2n) is 8.12. The van der Waals surface area contributed by atoms with Crippen LogP contribution in [0.25, 0.3) is 0 Å². The van der Waals surface area contributed by atoms with Crippen molar-refractivity contribution in [2.24, 2.45) is 5.41 Å². The summed E-state index contributed by atoms with van der Waals surface area (Å²) in [5.41, 5.74) is 10.5. The summed E-state index contributed by atoms with van der Waals surface area (Å²) in [6, 6.07) is 0.932. The highest BCUT2D eigenvalue weighted by molar-refractivity contribution is 7.99. The van der Waals surface area contributed by atoms with Gasteiger partial charge in [-0.2, -0.15) is 0 Å². The number of nitrogens with zero attached hydrogens (tertiary/aromatic N) is 4. The minimum atomic E-state index is -0.910. The molecule has 0 aromatic carbocycles. The first-order valence-electron chi connectivity index (χ1n) is 9.54. The van der Waals surface area contributed by atoms with Gasteiger partial charge in [0, 0.05) is 24.3 Å². The van der Waals surface area contributed by atoms with Crippen molar-refractivity contribution >= 4 is 41.2 Å². The molecule has 0 radical (unpaired) electrons. The van der Waals surface area contributed by atoms with Crippen LogP contribution >= 0.6 is 11.8 Å². The monoisotopic (exact) mass is 426 g/mol. The van der Waals surface area contributed by atoms with Crippen molar-refractivity contribution in [1.29, 1.82) is 0 Å². The molecule has 1 aromatic heterocycles. The Labute approximate surface area is 174 Å². The molecule has 5 N–H and O–H groups in total. The summed E-state index contributed by atoms with van der Waals surface area (Å²) in [4.78, 5) is 30.3. The van der Waals surface area contributed by atoms with Gasteiger partial charge in [-0.25, -0.2) is 9.52 Å². The molecule has 1 aromatic rings. The van der Waals surface area contributed by atoms with Crippen LogP contribution < -0.4 is 21.1 Å². The fourth-order valence-electron chi connectivity index (χ4n) is 3.08. The molecule has 3 heterocycles. The number of thioether (sulfide) groups is 1. The van der Waals surface area contributed by atoms with E-state index in [-0.39, 0.29) is 17.7 Å². The summed E-state index contributed by atoms with van der Waals surface area (Å²) in [7, 11) is 0. The van der Waals surface area contributed by atoms with Crippen molar-refractivity contribution in [3.63, 3.8) is 0 Å². The summed E-state index contributed by atoms with van der Waals surface area (Å²) in [6.45, 7) is 7.31. The number of piperidine rings is 1. The van der Waals surface area contributed by atoms with Crippen LogP contribution in [0.4, 0.5) is 17.6 Å². The van der Waals surface area contributed by atoms with Crippen LogP contribution in [0.3, 0.4) is 0 Å². The van der Waals surface area contributed by atoms with E-state index in [4.69, 9.17) is 16.6 Å². The molecule has 2 aliphatic heterocycles. The quantitative estimate of drug-likeness (QED) is 0.462. The Kier molecular flexibility index (Phi) is 7.39. The molecule has 11 heteroatoms. The Hall–Kier alpha value is -2.43. The molecule has 0 bridgehead atoms. The van der Waals surface area contributed by atoms with Gasteiger partial charge in [-0.3, -0.25) is 4.79 Å². The van der Waals surface area contributed by atoms with Crippen molar-refractivity contribution in [3.05, 3.63) is 11.3 Å². The lowest BCUT2D eigenvalue weighted by Gasteiger charge is -2.28. The number of aliphatic carboxylic acids is 1. The van der Waals surface area contributed by atoms with E-state index in [1.54, 1.807) is 26.8 Å². The molecule has 1 atom stereocenters. The number of nitrogen functional groups attached to an aromatic ring is 2. The van der Waals surface area contributed by atoms with Gasteiger partial charge in [0.25, 0.3) is 0 Å². The first kappa shape index (κ1) is 22.9. The van der Waals surface area contributed by atoms with Crippen LogP contribution in [0.1, 0.15) is 40.0 Å². The smallest absolute Gasteiger partial charge is 0.346 e. The van der Waals surface area contributed by atoms with Gasteiger partial charge in [0.1, 0.15) is 6.04 Å². The van der Waals surface area contributed by atoms with E-state index in [0.29, 0.717) is 22.2 Å². The minimum Gasteiger partial charge on any atom is -0.754 e. The number of aromatic nitrogens is 2. The lowest BCUT2D eigenvalue weighted by Crippen LogP contribution is -2.46. The van der Waals surface area contributed by atoms with E-state index in [0.717, 1.165) is 25.9 Å². The number of rotatable bonds is 2. The maximum absolute atomic E-state index is 11.8. The van der Waals surface area contributed by atoms with Crippen molar-refractivity contribution in [1.82, 2.24) is 9.88 Å². The topological polar surface area (TPSA) is 153 Å². The maximum Gasteiger partial charge on any atom is 0.346 e. The third-order valence-corrected chi connectivity index (χ3v) is 5.71. The van der Waals surface area contributed by atoms with Gasteiger partial charge in [0.05, 0.1) is 11.9 Å². The number of hydrogen-bond donors (Lipinski definition) is 3. The molecule has 10 nitrogen and oxygen atoms in total. The molecule has 29 heavy (non-hydrogen) atoms.